The lowest BCUT2D eigenvalue weighted by Gasteiger charge is -2.28. The molecule has 1 aromatic carbocycles. The summed E-state index contributed by atoms with van der Waals surface area (Å²) in [5.41, 5.74) is 2.83. The minimum Gasteiger partial charge on any atom is -0.378 e. The van der Waals surface area contributed by atoms with E-state index < -0.39 is 0 Å². The van der Waals surface area contributed by atoms with Gasteiger partial charge in [0.05, 0.1) is 24.7 Å². The van der Waals surface area contributed by atoms with Gasteiger partial charge in [-0.25, -0.2) is 4.98 Å². The van der Waals surface area contributed by atoms with Gasteiger partial charge in [0.1, 0.15) is 5.01 Å². The summed E-state index contributed by atoms with van der Waals surface area (Å²) in [7, 11) is 0. The Morgan fingerprint density at radius 1 is 1.19 bits per heavy atom. The zero-order valence-corrected chi connectivity index (χ0v) is 19.5. The van der Waals surface area contributed by atoms with Crippen LogP contribution in [-0.4, -0.2) is 55.7 Å². The van der Waals surface area contributed by atoms with E-state index in [0.29, 0.717) is 29.6 Å². The summed E-state index contributed by atoms with van der Waals surface area (Å²) in [4.78, 5) is 19.4. The molecule has 1 fully saturated rings. The maximum absolute atomic E-state index is 12.2. The van der Waals surface area contributed by atoms with Gasteiger partial charge in [-0.3, -0.25) is 9.36 Å². The third-order valence-electron chi connectivity index (χ3n) is 5.23. The van der Waals surface area contributed by atoms with Crippen LogP contribution in [-0.2, 0) is 16.9 Å². The molecule has 4 heterocycles. The van der Waals surface area contributed by atoms with Gasteiger partial charge in [0.2, 0.25) is 10.9 Å². The summed E-state index contributed by atoms with van der Waals surface area (Å²) in [5, 5.41) is 15.1. The molecule has 1 saturated heterocycles. The van der Waals surface area contributed by atoms with Crippen LogP contribution in [0.5, 0.6) is 0 Å². The van der Waals surface area contributed by atoms with Gasteiger partial charge in [0, 0.05) is 24.8 Å². The molecule has 3 aromatic heterocycles. The average Bonchev–Trinajstić information content (AvgIpc) is 3.42. The Kier molecular flexibility index (Phi) is 5.94. The highest BCUT2D eigenvalue weighted by Gasteiger charge is 2.22. The molecule has 0 bridgehead atoms. The first-order chi connectivity index (χ1) is 15.6. The first-order valence-corrected chi connectivity index (χ1v) is 12.3. The highest BCUT2D eigenvalue weighted by molar-refractivity contribution is 7.98. The van der Waals surface area contributed by atoms with Crippen LogP contribution in [0, 0.1) is 6.92 Å². The smallest absolute Gasteiger partial charge is 0.275 e. The van der Waals surface area contributed by atoms with E-state index in [-0.39, 0.29) is 5.56 Å². The molecule has 0 radical (unpaired) electrons. The summed E-state index contributed by atoms with van der Waals surface area (Å²) in [6, 6.07) is 9.96. The van der Waals surface area contributed by atoms with Crippen LogP contribution < -0.4 is 10.5 Å². The molecule has 0 saturated carbocycles. The third kappa shape index (κ3) is 4.15. The highest BCUT2D eigenvalue weighted by atomic mass is 32.2. The quantitative estimate of drug-likeness (QED) is 0.398. The summed E-state index contributed by atoms with van der Waals surface area (Å²) in [6.07, 6.45) is 0.957. The van der Waals surface area contributed by atoms with E-state index in [1.807, 2.05) is 6.92 Å². The topological polar surface area (TPSA) is 90.4 Å². The van der Waals surface area contributed by atoms with E-state index >= 15 is 0 Å². The van der Waals surface area contributed by atoms with Crippen molar-refractivity contribution in [1.82, 2.24) is 29.4 Å². The zero-order valence-electron chi connectivity index (χ0n) is 17.9. The minimum absolute atomic E-state index is 0.158. The summed E-state index contributed by atoms with van der Waals surface area (Å²) in [5.74, 6) is 1.39. The second kappa shape index (κ2) is 9.00. The lowest BCUT2D eigenvalue weighted by Crippen LogP contribution is -2.37. The number of rotatable bonds is 6. The normalized spacial score (nSPS) is 14.4. The van der Waals surface area contributed by atoms with Gasteiger partial charge in [0.15, 0.2) is 5.16 Å². The molecule has 32 heavy (non-hydrogen) atoms. The number of thioether (sulfide) groups is 1. The highest BCUT2D eigenvalue weighted by Crippen LogP contribution is 2.30. The largest absolute Gasteiger partial charge is 0.378 e. The van der Waals surface area contributed by atoms with Crippen molar-refractivity contribution in [3.63, 3.8) is 0 Å². The molecule has 1 aliphatic heterocycles. The number of hydrogen-bond acceptors (Lipinski definition) is 9. The number of aryl methyl sites for hydroxylation is 2. The lowest BCUT2D eigenvalue weighted by atomic mass is 10.1. The lowest BCUT2D eigenvalue weighted by molar-refractivity contribution is 0.122. The molecule has 11 heteroatoms. The van der Waals surface area contributed by atoms with E-state index in [0.717, 1.165) is 41.3 Å². The molecule has 1 aliphatic rings. The molecule has 0 spiro atoms. The Morgan fingerprint density at radius 2 is 2.03 bits per heavy atom. The van der Waals surface area contributed by atoms with Crippen LogP contribution in [0.25, 0.3) is 10.6 Å². The van der Waals surface area contributed by atoms with Crippen LogP contribution in [0.3, 0.4) is 0 Å². The number of anilines is 1. The SMILES string of the molecule is CCc1cccc(-n2c(SCc3nn4c(=O)cc(C)nc4s3)nnc2N2CCOCC2)c1. The number of ether oxygens (including phenoxy) is 1. The molecule has 0 amide bonds. The zero-order chi connectivity index (χ0) is 22.1. The predicted molar refractivity (Wildman–Crippen MR) is 125 cm³/mol. The maximum atomic E-state index is 12.2. The second-order valence-corrected chi connectivity index (χ2v) is 9.44. The maximum Gasteiger partial charge on any atom is 0.275 e. The van der Waals surface area contributed by atoms with E-state index in [1.54, 1.807) is 11.8 Å². The van der Waals surface area contributed by atoms with Gasteiger partial charge in [-0.1, -0.05) is 42.2 Å². The van der Waals surface area contributed by atoms with Crippen LogP contribution in [0.2, 0.25) is 0 Å². The van der Waals surface area contributed by atoms with Crippen molar-refractivity contribution in [2.24, 2.45) is 0 Å². The van der Waals surface area contributed by atoms with Crippen LogP contribution >= 0.6 is 23.1 Å². The van der Waals surface area contributed by atoms with E-state index in [9.17, 15) is 4.79 Å². The van der Waals surface area contributed by atoms with E-state index in [1.165, 1.54) is 27.5 Å². The fraction of sp³-hybridized carbons (Fsp3) is 0.381. The molecule has 0 unspecified atom stereocenters. The number of benzene rings is 1. The first kappa shape index (κ1) is 21.1. The van der Waals surface area contributed by atoms with Crippen LogP contribution in [0.15, 0.2) is 40.3 Å². The van der Waals surface area contributed by atoms with E-state index in [2.05, 4.69) is 60.9 Å². The molecule has 0 atom stereocenters. The molecule has 0 N–H and O–H groups in total. The first-order valence-electron chi connectivity index (χ1n) is 10.5. The van der Waals surface area contributed by atoms with Gasteiger partial charge < -0.3 is 9.64 Å². The number of fused-ring (bicyclic) bond motifs is 1. The Morgan fingerprint density at radius 3 is 2.84 bits per heavy atom. The average molecular weight is 470 g/mol. The van der Waals surface area contributed by atoms with E-state index in [4.69, 9.17) is 4.74 Å². The molecule has 166 valence electrons. The standard InChI is InChI=1S/C21H23N7O2S2/c1-3-15-5-4-6-16(12-15)27-19(26-7-9-30-10-8-26)23-24-21(27)31-13-17-25-28-18(29)11-14(2)22-20(28)32-17/h4-6,11-12H,3,7-10,13H2,1-2H3. The van der Waals surface area contributed by atoms with Crippen molar-refractivity contribution < 1.29 is 4.74 Å². The van der Waals surface area contributed by atoms with Crippen molar-refractivity contribution in [3.05, 3.63) is 57.0 Å². The Bertz CT molecular complexity index is 1310. The summed E-state index contributed by atoms with van der Waals surface area (Å²) >= 11 is 2.98. The van der Waals surface area contributed by atoms with Crippen molar-refractivity contribution in [2.45, 2.75) is 31.2 Å². The van der Waals surface area contributed by atoms with Gasteiger partial charge >= 0.3 is 0 Å². The van der Waals surface area contributed by atoms with Crippen molar-refractivity contribution in [1.29, 1.82) is 0 Å². The summed E-state index contributed by atoms with van der Waals surface area (Å²) in [6.45, 7) is 6.88. The molecule has 0 aliphatic carbocycles. The molecular weight excluding hydrogens is 446 g/mol. The molecule has 5 rings (SSSR count). The van der Waals surface area contributed by atoms with Crippen LogP contribution in [0.4, 0.5) is 5.95 Å². The fourth-order valence-electron chi connectivity index (χ4n) is 3.61. The van der Waals surface area contributed by atoms with Crippen LogP contribution in [0.1, 0.15) is 23.2 Å². The Hall–Kier alpha value is -2.76. The molecular formula is C21H23N7O2S2. The fourth-order valence-corrected chi connectivity index (χ4v) is 5.49. The number of aromatic nitrogens is 6. The molecule has 4 aromatic rings. The monoisotopic (exact) mass is 469 g/mol. The van der Waals surface area contributed by atoms with Crippen molar-refractivity contribution >= 4 is 34.0 Å². The number of hydrogen-bond donors (Lipinski definition) is 0. The predicted octanol–water partition coefficient (Wildman–Crippen LogP) is 2.73. The van der Waals surface area contributed by atoms with Crippen molar-refractivity contribution in [3.8, 4) is 5.69 Å². The Balaban J connectivity index is 1.48. The third-order valence-corrected chi connectivity index (χ3v) is 7.26. The van der Waals surface area contributed by atoms with Gasteiger partial charge in [-0.15, -0.1) is 10.2 Å². The Labute approximate surface area is 193 Å². The second-order valence-electron chi connectivity index (χ2n) is 7.46. The minimum atomic E-state index is -0.158. The number of morpholine rings is 1. The van der Waals surface area contributed by atoms with Crippen molar-refractivity contribution in [2.75, 3.05) is 31.2 Å². The van der Waals surface area contributed by atoms with Gasteiger partial charge in [-0.2, -0.15) is 9.61 Å². The number of nitrogens with zero attached hydrogens (tertiary/aromatic N) is 7. The van der Waals surface area contributed by atoms with Gasteiger partial charge in [0.25, 0.3) is 5.56 Å². The summed E-state index contributed by atoms with van der Waals surface area (Å²) < 4.78 is 8.99. The molecule has 9 nitrogen and oxygen atoms in total. The van der Waals surface area contributed by atoms with Gasteiger partial charge in [-0.05, 0) is 31.0 Å².